The Morgan fingerprint density at radius 2 is 1.68 bits per heavy atom. The van der Waals surface area contributed by atoms with Crippen LogP contribution in [0.15, 0.2) is 24.3 Å². The number of benzene rings is 1. The lowest BCUT2D eigenvalue weighted by Crippen LogP contribution is -2.50. The minimum absolute atomic E-state index is 0.0381. The Hall–Kier alpha value is -2.57. The molecule has 0 spiro atoms. The highest BCUT2D eigenvalue weighted by Gasteiger charge is 2.50. The van der Waals surface area contributed by atoms with E-state index in [-0.39, 0.29) is 24.5 Å². The summed E-state index contributed by atoms with van der Waals surface area (Å²) in [5.74, 6) is 0.0179. The Morgan fingerprint density at radius 1 is 1.14 bits per heavy atom. The molecule has 1 aliphatic heterocycles. The molecule has 1 aliphatic rings. The summed E-state index contributed by atoms with van der Waals surface area (Å²) < 4.78 is 5.15. The molecule has 7 heteroatoms. The standard InChI is InChI=1S/C21H31N3O4/c1-7-14(3)24(15(4)8-2)18(25)13-23-19(26)21(5,22-20(23)27)16-9-11-17(28-6)12-10-16/h9-12,14-15H,7-8,13H2,1-6H3,(H,22,27)/t14-,15+,21-/m1/s1. The summed E-state index contributed by atoms with van der Waals surface area (Å²) in [6, 6.07) is 6.49. The van der Waals surface area contributed by atoms with Gasteiger partial charge in [0.1, 0.15) is 17.8 Å². The van der Waals surface area contributed by atoms with Crippen LogP contribution in [0.4, 0.5) is 4.79 Å². The van der Waals surface area contributed by atoms with Gasteiger partial charge in [0.05, 0.1) is 7.11 Å². The van der Waals surface area contributed by atoms with E-state index in [1.807, 2.05) is 27.7 Å². The van der Waals surface area contributed by atoms with Gasteiger partial charge in [0, 0.05) is 12.1 Å². The van der Waals surface area contributed by atoms with Crippen molar-refractivity contribution in [2.24, 2.45) is 0 Å². The lowest BCUT2D eigenvalue weighted by atomic mass is 9.92. The normalized spacial score (nSPS) is 21.3. The summed E-state index contributed by atoms with van der Waals surface area (Å²) in [6.45, 7) is 9.39. The van der Waals surface area contributed by atoms with Gasteiger partial charge in [-0.3, -0.25) is 14.5 Å². The number of methoxy groups -OCH3 is 1. The van der Waals surface area contributed by atoms with Crippen molar-refractivity contribution in [2.75, 3.05) is 13.7 Å². The van der Waals surface area contributed by atoms with Gasteiger partial charge in [0.25, 0.3) is 5.91 Å². The van der Waals surface area contributed by atoms with E-state index in [0.29, 0.717) is 11.3 Å². The third-order valence-electron chi connectivity index (χ3n) is 5.66. The van der Waals surface area contributed by atoms with E-state index < -0.39 is 17.5 Å². The van der Waals surface area contributed by atoms with E-state index in [0.717, 1.165) is 17.7 Å². The lowest BCUT2D eigenvalue weighted by Gasteiger charge is -2.35. The van der Waals surface area contributed by atoms with Crippen LogP contribution < -0.4 is 10.1 Å². The molecule has 2 rings (SSSR count). The minimum Gasteiger partial charge on any atom is -0.497 e. The van der Waals surface area contributed by atoms with E-state index in [1.165, 1.54) is 0 Å². The fraction of sp³-hybridized carbons (Fsp3) is 0.571. The topological polar surface area (TPSA) is 79.0 Å². The molecule has 1 saturated heterocycles. The van der Waals surface area contributed by atoms with Crippen molar-refractivity contribution in [3.05, 3.63) is 29.8 Å². The summed E-state index contributed by atoms with van der Waals surface area (Å²) in [4.78, 5) is 41.4. The van der Waals surface area contributed by atoms with E-state index in [2.05, 4.69) is 5.32 Å². The van der Waals surface area contributed by atoms with Crippen LogP contribution >= 0.6 is 0 Å². The molecule has 4 amide bonds. The van der Waals surface area contributed by atoms with E-state index in [9.17, 15) is 14.4 Å². The van der Waals surface area contributed by atoms with Crippen molar-refractivity contribution in [1.82, 2.24) is 15.1 Å². The van der Waals surface area contributed by atoms with Gasteiger partial charge in [-0.2, -0.15) is 0 Å². The quantitative estimate of drug-likeness (QED) is 0.694. The fourth-order valence-corrected chi connectivity index (χ4v) is 3.50. The monoisotopic (exact) mass is 389 g/mol. The predicted molar refractivity (Wildman–Crippen MR) is 107 cm³/mol. The van der Waals surface area contributed by atoms with Crippen molar-refractivity contribution in [1.29, 1.82) is 0 Å². The number of hydrogen-bond acceptors (Lipinski definition) is 4. The second-order valence-electron chi connectivity index (χ2n) is 7.49. The molecular formula is C21H31N3O4. The molecule has 154 valence electrons. The molecule has 1 fully saturated rings. The molecule has 28 heavy (non-hydrogen) atoms. The first kappa shape index (κ1) is 21.7. The lowest BCUT2D eigenvalue weighted by molar-refractivity contribution is -0.141. The number of nitrogens with zero attached hydrogens (tertiary/aromatic N) is 2. The van der Waals surface area contributed by atoms with Crippen molar-refractivity contribution in [3.8, 4) is 5.75 Å². The summed E-state index contributed by atoms with van der Waals surface area (Å²) >= 11 is 0. The van der Waals surface area contributed by atoms with Gasteiger partial charge in [0.15, 0.2) is 0 Å². The fourth-order valence-electron chi connectivity index (χ4n) is 3.50. The highest BCUT2D eigenvalue weighted by Crippen LogP contribution is 2.30. The van der Waals surface area contributed by atoms with E-state index in [4.69, 9.17) is 4.74 Å². The zero-order valence-corrected chi connectivity index (χ0v) is 17.6. The smallest absolute Gasteiger partial charge is 0.325 e. The zero-order valence-electron chi connectivity index (χ0n) is 17.6. The van der Waals surface area contributed by atoms with Crippen molar-refractivity contribution in [2.45, 2.75) is 65.1 Å². The first-order valence-electron chi connectivity index (χ1n) is 9.79. The average molecular weight is 389 g/mol. The Balaban J connectivity index is 2.23. The first-order chi connectivity index (χ1) is 13.2. The van der Waals surface area contributed by atoms with Gasteiger partial charge in [-0.15, -0.1) is 0 Å². The molecule has 0 radical (unpaired) electrons. The van der Waals surface area contributed by atoms with Crippen LogP contribution in [0.2, 0.25) is 0 Å². The van der Waals surface area contributed by atoms with Gasteiger partial charge in [-0.1, -0.05) is 26.0 Å². The van der Waals surface area contributed by atoms with Crippen molar-refractivity contribution >= 4 is 17.8 Å². The van der Waals surface area contributed by atoms with Gasteiger partial charge in [-0.25, -0.2) is 4.79 Å². The Bertz CT molecular complexity index is 724. The number of urea groups is 1. The number of imide groups is 1. The number of ether oxygens (including phenoxy) is 1. The maximum absolute atomic E-state index is 13.1. The second-order valence-corrected chi connectivity index (χ2v) is 7.49. The second kappa shape index (κ2) is 8.63. The van der Waals surface area contributed by atoms with Crippen LogP contribution in [0.3, 0.4) is 0 Å². The molecule has 0 saturated carbocycles. The summed E-state index contributed by atoms with van der Waals surface area (Å²) in [7, 11) is 1.56. The zero-order chi connectivity index (χ0) is 21.1. The largest absolute Gasteiger partial charge is 0.497 e. The van der Waals surface area contributed by atoms with Gasteiger partial charge in [-0.05, 0) is 51.3 Å². The molecule has 3 atom stereocenters. The van der Waals surface area contributed by atoms with Crippen LogP contribution in [0.25, 0.3) is 0 Å². The number of nitrogens with one attached hydrogen (secondary N) is 1. The first-order valence-corrected chi connectivity index (χ1v) is 9.79. The molecule has 0 bridgehead atoms. The van der Waals surface area contributed by atoms with Gasteiger partial charge in [0.2, 0.25) is 5.91 Å². The van der Waals surface area contributed by atoms with Crippen LogP contribution in [0, 0.1) is 0 Å². The Labute approximate surface area is 167 Å². The molecule has 1 N–H and O–H groups in total. The van der Waals surface area contributed by atoms with Gasteiger partial charge < -0.3 is 15.0 Å². The number of amides is 4. The number of hydrogen-bond donors (Lipinski definition) is 1. The molecule has 0 aromatic heterocycles. The summed E-state index contributed by atoms with van der Waals surface area (Å²) in [5, 5.41) is 2.74. The Morgan fingerprint density at radius 3 is 2.14 bits per heavy atom. The molecule has 7 nitrogen and oxygen atoms in total. The molecule has 0 unspecified atom stereocenters. The van der Waals surface area contributed by atoms with Gasteiger partial charge >= 0.3 is 6.03 Å². The third kappa shape index (κ3) is 3.98. The van der Waals surface area contributed by atoms with Crippen molar-refractivity contribution in [3.63, 3.8) is 0 Å². The number of carbonyl (C=O) groups excluding carboxylic acids is 3. The van der Waals surface area contributed by atoms with Crippen molar-refractivity contribution < 1.29 is 19.1 Å². The summed E-state index contributed by atoms with van der Waals surface area (Å²) in [5.41, 5.74) is -0.566. The molecule has 1 aromatic carbocycles. The van der Waals surface area contributed by atoms with Crippen LogP contribution in [-0.4, -0.2) is 53.4 Å². The molecular weight excluding hydrogens is 358 g/mol. The SMILES string of the molecule is CC[C@@H](C)N(C(=O)CN1C(=O)N[C@](C)(c2ccc(OC)cc2)C1=O)[C@@H](C)CC. The van der Waals surface area contributed by atoms with E-state index in [1.54, 1.807) is 43.2 Å². The molecule has 0 aliphatic carbocycles. The minimum atomic E-state index is -1.21. The highest BCUT2D eigenvalue weighted by molar-refractivity contribution is 6.09. The number of rotatable bonds is 8. The predicted octanol–water partition coefficient (Wildman–Crippen LogP) is 2.89. The summed E-state index contributed by atoms with van der Waals surface area (Å²) in [6.07, 6.45) is 1.61. The van der Waals surface area contributed by atoms with Crippen LogP contribution in [0.1, 0.15) is 53.0 Å². The maximum Gasteiger partial charge on any atom is 0.325 e. The highest BCUT2D eigenvalue weighted by atomic mass is 16.5. The number of carbonyl (C=O) groups is 3. The third-order valence-corrected chi connectivity index (χ3v) is 5.66. The molecule has 1 heterocycles. The van der Waals surface area contributed by atoms with Crippen LogP contribution in [0.5, 0.6) is 5.75 Å². The molecule has 1 aromatic rings. The maximum atomic E-state index is 13.1. The van der Waals surface area contributed by atoms with Crippen LogP contribution in [-0.2, 0) is 15.1 Å². The average Bonchev–Trinajstić information content (AvgIpc) is 2.91. The van der Waals surface area contributed by atoms with E-state index >= 15 is 0 Å². The Kier molecular flexibility index (Phi) is 6.69.